The van der Waals surface area contributed by atoms with Crippen LogP contribution in [0.25, 0.3) is 10.8 Å². The Hall–Kier alpha value is -2.81. The molecule has 1 aliphatic rings. The third-order valence-electron chi connectivity index (χ3n) is 5.78. The van der Waals surface area contributed by atoms with E-state index in [1.165, 1.54) is 16.3 Å². The van der Waals surface area contributed by atoms with Crippen molar-refractivity contribution in [2.45, 2.75) is 31.8 Å². The minimum atomic E-state index is -0.209. The number of amides is 1. The number of likely N-dealkylation sites (tertiary alicyclic amines) is 1. The van der Waals surface area contributed by atoms with Crippen LogP contribution in [0.4, 0.5) is 4.79 Å². The molecule has 0 radical (unpaired) electrons. The lowest BCUT2D eigenvalue weighted by atomic mass is 9.74. The number of nitrogens with zero attached hydrogens (tertiary/aromatic N) is 1. The van der Waals surface area contributed by atoms with Crippen molar-refractivity contribution in [1.82, 2.24) is 4.90 Å². The second kappa shape index (κ2) is 7.43. The molecule has 1 amide bonds. The molecule has 3 heteroatoms. The van der Waals surface area contributed by atoms with E-state index >= 15 is 0 Å². The summed E-state index contributed by atoms with van der Waals surface area (Å²) in [5.41, 5.74) is 2.47. The number of piperidine rings is 1. The molecule has 0 spiro atoms. The number of carbonyl (C=O) groups excluding carboxylic acids is 1. The van der Waals surface area contributed by atoms with Crippen LogP contribution in [0.1, 0.15) is 30.9 Å². The van der Waals surface area contributed by atoms with Gasteiger partial charge in [0.25, 0.3) is 0 Å². The van der Waals surface area contributed by atoms with Crippen LogP contribution < -0.4 is 0 Å². The Balaban J connectivity index is 1.39. The highest BCUT2D eigenvalue weighted by Gasteiger charge is 2.34. The maximum absolute atomic E-state index is 12.4. The Morgan fingerprint density at radius 2 is 1.59 bits per heavy atom. The van der Waals surface area contributed by atoms with Gasteiger partial charge in [-0.1, -0.05) is 79.7 Å². The van der Waals surface area contributed by atoms with Crippen LogP contribution in [0, 0.1) is 0 Å². The Bertz CT molecular complexity index is 927. The molecule has 0 N–H and O–H groups in total. The van der Waals surface area contributed by atoms with Gasteiger partial charge in [0.05, 0.1) is 0 Å². The standard InChI is InChI=1S/C24H25NO2/c1-24(22-12-11-20-9-5-6-10-21(20)17-22)13-15-25(16-14-24)23(26)27-18-19-7-3-2-4-8-19/h2-12,17H,13-16,18H2,1H3. The molecular formula is C24H25NO2. The highest BCUT2D eigenvalue weighted by atomic mass is 16.6. The summed E-state index contributed by atoms with van der Waals surface area (Å²) in [5.74, 6) is 0. The van der Waals surface area contributed by atoms with Crippen LogP contribution in [0.2, 0.25) is 0 Å². The van der Waals surface area contributed by atoms with Gasteiger partial charge in [0.2, 0.25) is 0 Å². The smallest absolute Gasteiger partial charge is 0.410 e. The number of fused-ring (bicyclic) bond motifs is 1. The van der Waals surface area contributed by atoms with Gasteiger partial charge in [0, 0.05) is 13.1 Å². The van der Waals surface area contributed by atoms with Gasteiger partial charge in [-0.05, 0) is 40.2 Å². The van der Waals surface area contributed by atoms with E-state index in [0.29, 0.717) is 6.61 Å². The van der Waals surface area contributed by atoms with Gasteiger partial charge in [-0.3, -0.25) is 0 Å². The van der Waals surface area contributed by atoms with Crippen molar-refractivity contribution < 1.29 is 9.53 Å². The number of hydrogen-bond donors (Lipinski definition) is 0. The van der Waals surface area contributed by atoms with Crippen LogP contribution >= 0.6 is 0 Å². The van der Waals surface area contributed by atoms with E-state index < -0.39 is 0 Å². The summed E-state index contributed by atoms with van der Waals surface area (Å²) >= 11 is 0. The third-order valence-corrected chi connectivity index (χ3v) is 5.78. The summed E-state index contributed by atoms with van der Waals surface area (Å²) in [7, 11) is 0. The molecule has 3 nitrogen and oxygen atoms in total. The summed E-state index contributed by atoms with van der Waals surface area (Å²) in [6.45, 7) is 4.11. The molecule has 0 saturated carbocycles. The SMILES string of the molecule is CC1(c2ccc3ccccc3c2)CCN(C(=O)OCc2ccccc2)CC1. The van der Waals surface area contributed by atoms with Gasteiger partial charge in [0.15, 0.2) is 0 Å². The van der Waals surface area contributed by atoms with E-state index in [1.54, 1.807) is 0 Å². The summed E-state index contributed by atoms with van der Waals surface area (Å²) in [4.78, 5) is 14.2. The highest BCUT2D eigenvalue weighted by Crippen LogP contribution is 2.36. The molecule has 0 aliphatic carbocycles. The fraction of sp³-hybridized carbons (Fsp3) is 0.292. The van der Waals surface area contributed by atoms with Gasteiger partial charge in [-0.2, -0.15) is 0 Å². The molecule has 1 saturated heterocycles. The van der Waals surface area contributed by atoms with E-state index in [4.69, 9.17) is 4.74 Å². The van der Waals surface area contributed by atoms with Crippen molar-refractivity contribution in [2.75, 3.05) is 13.1 Å². The first-order valence-electron chi connectivity index (χ1n) is 9.59. The zero-order valence-electron chi connectivity index (χ0n) is 15.7. The summed E-state index contributed by atoms with van der Waals surface area (Å²) in [5, 5.41) is 2.55. The number of hydrogen-bond acceptors (Lipinski definition) is 2. The monoisotopic (exact) mass is 359 g/mol. The van der Waals surface area contributed by atoms with Gasteiger partial charge < -0.3 is 9.64 Å². The largest absolute Gasteiger partial charge is 0.445 e. The number of ether oxygens (including phenoxy) is 1. The van der Waals surface area contributed by atoms with Crippen molar-refractivity contribution in [3.05, 3.63) is 83.9 Å². The van der Waals surface area contributed by atoms with Crippen LogP contribution in [0.15, 0.2) is 72.8 Å². The van der Waals surface area contributed by atoms with Gasteiger partial charge in [-0.25, -0.2) is 4.79 Å². The minimum Gasteiger partial charge on any atom is -0.445 e. The van der Waals surface area contributed by atoms with Crippen LogP contribution in [0.3, 0.4) is 0 Å². The van der Waals surface area contributed by atoms with Crippen molar-refractivity contribution >= 4 is 16.9 Å². The number of benzene rings is 3. The van der Waals surface area contributed by atoms with Crippen LogP contribution in [-0.2, 0) is 16.8 Å². The maximum atomic E-state index is 12.4. The zero-order valence-corrected chi connectivity index (χ0v) is 15.7. The Morgan fingerprint density at radius 3 is 2.33 bits per heavy atom. The van der Waals surface area contributed by atoms with E-state index in [0.717, 1.165) is 31.5 Å². The molecule has 0 bridgehead atoms. The molecule has 3 aromatic rings. The molecule has 0 aromatic heterocycles. The lowest BCUT2D eigenvalue weighted by Gasteiger charge is -2.39. The predicted molar refractivity (Wildman–Crippen MR) is 109 cm³/mol. The predicted octanol–water partition coefficient (Wildman–Crippen LogP) is 5.53. The Morgan fingerprint density at radius 1 is 0.926 bits per heavy atom. The molecule has 1 fully saturated rings. The van der Waals surface area contributed by atoms with Gasteiger partial charge in [0.1, 0.15) is 6.61 Å². The third kappa shape index (κ3) is 3.82. The zero-order chi connectivity index (χ0) is 18.7. The quantitative estimate of drug-likeness (QED) is 0.615. The molecule has 0 atom stereocenters. The number of carbonyl (C=O) groups is 1. The first-order chi connectivity index (χ1) is 13.1. The second-order valence-electron chi connectivity index (χ2n) is 7.65. The first kappa shape index (κ1) is 17.6. The molecule has 27 heavy (non-hydrogen) atoms. The Labute approximate surface area is 160 Å². The maximum Gasteiger partial charge on any atom is 0.410 e. The van der Waals surface area contributed by atoms with Crippen molar-refractivity contribution in [3.8, 4) is 0 Å². The average Bonchev–Trinajstić information content (AvgIpc) is 2.73. The minimum absolute atomic E-state index is 0.0975. The summed E-state index contributed by atoms with van der Waals surface area (Å²) in [6, 6.07) is 25.0. The molecule has 1 heterocycles. The van der Waals surface area contributed by atoms with E-state index in [1.807, 2.05) is 35.2 Å². The normalized spacial score (nSPS) is 16.3. The van der Waals surface area contributed by atoms with Crippen molar-refractivity contribution in [1.29, 1.82) is 0 Å². The van der Waals surface area contributed by atoms with Gasteiger partial charge in [-0.15, -0.1) is 0 Å². The molecular weight excluding hydrogens is 334 g/mol. The fourth-order valence-corrected chi connectivity index (χ4v) is 3.85. The molecule has 3 aromatic carbocycles. The summed E-state index contributed by atoms with van der Waals surface area (Å²) < 4.78 is 5.49. The molecule has 0 unspecified atom stereocenters. The highest BCUT2D eigenvalue weighted by molar-refractivity contribution is 5.83. The van der Waals surface area contributed by atoms with Crippen molar-refractivity contribution in [2.24, 2.45) is 0 Å². The lowest BCUT2D eigenvalue weighted by Crippen LogP contribution is -2.44. The van der Waals surface area contributed by atoms with E-state index in [-0.39, 0.29) is 11.5 Å². The fourth-order valence-electron chi connectivity index (χ4n) is 3.85. The average molecular weight is 359 g/mol. The summed E-state index contributed by atoms with van der Waals surface area (Å²) in [6.07, 6.45) is 1.69. The molecule has 4 rings (SSSR count). The van der Waals surface area contributed by atoms with Crippen molar-refractivity contribution in [3.63, 3.8) is 0 Å². The van der Waals surface area contributed by atoms with E-state index in [9.17, 15) is 4.79 Å². The molecule has 1 aliphatic heterocycles. The van der Waals surface area contributed by atoms with E-state index in [2.05, 4.69) is 49.4 Å². The van der Waals surface area contributed by atoms with Crippen LogP contribution in [0.5, 0.6) is 0 Å². The van der Waals surface area contributed by atoms with Crippen LogP contribution in [-0.4, -0.2) is 24.1 Å². The van der Waals surface area contributed by atoms with Gasteiger partial charge >= 0.3 is 6.09 Å². The Kier molecular flexibility index (Phi) is 4.85. The lowest BCUT2D eigenvalue weighted by molar-refractivity contribution is 0.0793. The first-order valence-corrected chi connectivity index (χ1v) is 9.59. The molecule has 138 valence electrons. The number of rotatable bonds is 3. The topological polar surface area (TPSA) is 29.5 Å². The second-order valence-corrected chi connectivity index (χ2v) is 7.65.